The molecular formula is C20H22F2N2O4. The number of ether oxygens (including phenoxy) is 2. The monoisotopic (exact) mass is 392 g/mol. The Labute approximate surface area is 161 Å². The number of carbonyl (C=O) groups excluding carboxylic acids is 2. The van der Waals surface area contributed by atoms with Crippen molar-refractivity contribution >= 4 is 11.8 Å². The van der Waals surface area contributed by atoms with E-state index in [-0.39, 0.29) is 23.8 Å². The Morgan fingerprint density at radius 2 is 1.75 bits per heavy atom. The number of carbonyl (C=O) groups is 2. The molecule has 2 rings (SSSR count). The molecule has 0 saturated heterocycles. The first-order valence-corrected chi connectivity index (χ1v) is 8.64. The minimum atomic E-state index is -3.07. The average Bonchev–Trinajstić information content (AvgIpc) is 2.64. The van der Waals surface area contributed by atoms with Crippen LogP contribution in [0, 0.1) is 6.92 Å². The predicted molar refractivity (Wildman–Crippen MR) is 99.4 cm³/mol. The van der Waals surface area contributed by atoms with Crippen LogP contribution in [0.1, 0.15) is 41.3 Å². The molecule has 0 unspecified atom stereocenters. The van der Waals surface area contributed by atoms with E-state index in [1.807, 2.05) is 39.0 Å². The van der Waals surface area contributed by atoms with Crippen LogP contribution in [-0.2, 0) is 4.79 Å². The molecule has 0 saturated carbocycles. The number of halogens is 2. The van der Waals surface area contributed by atoms with Gasteiger partial charge in [0.2, 0.25) is 0 Å². The van der Waals surface area contributed by atoms with Gasteiger partial charge in [-0.25, -0.2) is 0 Å². The molecule has 0 radical (unpaired) electrons. The third-order valence-corrected chi connectivity index (χ3v) is 3.81. The first-order chi connectivity index (χ1) is 13.3. The summed E-state index contributed by atoms with van der Waals surface area (Å²) < 4.78 is 34.7. The number of aryl methyl sites for hydroxylation is 1. The van der Waals surface area contributed by atoms with Crippen molar-refractivity contribution in [1.82, 2.24) is 10.9 Å². The summed E-state index contributed by atoms with van der Waals surface area (Å²) in [5.74, 6) is -0.876. The fourth-order valence-electron chi connectivity index (χ4n) is 2.47. The van der Waals surface area contributed by atoms with E-state index in [9.17, 15) is 18.4 Å². The van der Waals surface area contributed by atoms with Crippen molar-refractivity contribution in [2.75, 3.05) is 6.61 Å². The Balaban J connectivity index is 1.93. The van der Waals surface area contributed by atoms with Gasteiger partial charge in [-0.05, 0) is 42.2 Å². The van der Waals surface area contributed by atoms with Crippen molar-refractivity contribution in [3.8, 4) is 11.5 Å². The SMILES string of the molecule is Cc1ccc(C(C)C)c(OCC(=O)NNC(=O)c2ccccc2OC(F)F)c1. The Morgan fingerprint density at radius 1 is 1.04 bits per heavy atom. The van der Waals surface area contributed by atoms with Crippen molar-refractivity contribution in [2.45, 2.75) is 33.3 Å². The number of hydrazine groups is 1. The van der Waals surface area contributed by atoms with Crippen LogP contribution in [0.2, 0.25) is 0 Å². The summed E-state index contributed by atoms with van der Waals surface area (Å²) in [7, 11) is 0. The fourth-order valence-corrected chi connectivity index (χ4v) is 2.47. The Hall–Kier alpha value is -3.16. The highest BCUT2D eigenvalue weighted by atomic mass is 19.3. The molecule has 0 aromatic heterocycles. The molecule has 2 N–H and O–H groups in total. The van der Waals surface area contributed by atoms with Gasteiger partial charge in [-0.3, -0.25) is 20.4 Å². The number of hydrogen-bond acceptors (Lipinski definition) is 4. The van der Waals surface area contributed by atoms with E-state index in [0.29, 0.717) is 5.75 Å². The smallest absolute Gasteiger partial charge is 0.387 e. The number of hydrogen-bond donors (Lipinski definition) is 2. The van der Waals surface area contributed by atoms with Gasteiger partial charge < -0.3 is 9.47 Å². The van der Waals surface area contributed by atoms with E-state index in [0.717, 1.165) is 11.1 Å². The molecule has 0 aliphatic heterocycles. The molecule has 0 fully saturated rings. The Morgan fingerprint density at radius 3 is 2.43 bits per heavy atom. The van der Waals surface area contributed by atoms with Gasteiger partial charge in [0.05, 0.1) is 5.56 Å². The summed E-state index contributed by atoms with van der Waals surface area (Å²) in [5.41, 5.74) is 6.16. The van der Waals surface area contributed by atoms with Crippen LogP contribution < -0.4 is 20.3 Å². The van der Waals surface area contributed by atoms with E-state index in [1.54, 1.807) is 0 Å². The van der Waals surface area contributed by atoms with Crippen LogP contribution in [0.5, 0.6) is 11.5 Å². The molecule has 0 aliphatic carbocycles. The molecule has 8 heteroatoms. The third-order valence-electron chi connectivity index (χ3n) is 3.81. The van der Waals surface area contributed by atoms with Gasteiger partial charge in [0.25, 0.3) is 11.8 Å². The van der Waals surface area contributed by atoms with Crippen LogP contribution >= 0.6 is 0 Å². The van der Waals surface area contributed by atoms with Gasteiger partial charge in [0, 0.05) is 0 Å². The lowest BCUT2D eigenvalue weighted by atomic mass is 10.0. The van der Waals surface area contributed by atoms with Gasteiger partial charge in [-0.2, -0.15) is 8.78 Å². The summed E-state index contributed by atoms with van der Waals surface area (Å²) in [6, 6.07) is 11.2. The summed E-state index contributed by atoms with van der Waals surface area (Å²) in [6.07, 6.45) is 0. The van der Waals surface area contributed by atoms with Crippen LogP contribution in [-0.4, -0.2) is 25.0 Å². The highest BCUT2D eigenvalue weighted by Gasteiger charge is 2.16. The second kappa shape index (κ2) is 9.68. The zero-order chi connectivity index (χ0) is 20.7. The predicted octanol–water partition coefficient (Wildman–Crippen LogP) is 3.56. The lowest BCUT2D eigenvalue weighted by molar-refractivity contribution is -0.123. The molecule has 0 heterocycles. The molecule has 6 nitrogen and oxygen atoms in total. The molecule has 0 bridgehead atoms. The van der Waals surface area contributed by atoms with Gasteiger partial charge >= 0.3 is 6.61 Å². The van der Waals surface area contributed by atoms with Gasteiger partial charge in [-0.15, -0.1) is 0 Å². The second-order valence-corrected chi connectivity index (χ2v) is 6.36. The highest BCUT2D eigenvalue weighted by molar-refractivity contribution is 5.97. The van der Waals surface area contributed by atoms with Crippen LogP contribution in [0.15, 0.2) is 42.5 Å². The van der Waals surface area contributed by atoms with E-state index in [1.165, 1.54) is 24.3 Å². The van der Waals surface area contributed by atoms with Crippen molar-refractivity contribution in [2.24, 2.45) is 0 Å². The number of rotatable bonds is 7. The largest absolute Gasteiger partial charge is 0.483 e. The van der Waals surface area contributed by atoms with E-state index in [2.05, 4.69) is 15.6 Å². The normalized spacial score (nSPS) is 10.7. The van der Waals surface area contributed by atoms with E-state index >= 15 is 0 Å². The Kier molecular flexibility index (Phi) is 7.31. The zero-order valence-corrected chi connectivity index (χ0v) is 15.8. The van der Waals surface area contributed by atoms with Crippen molar-refractivity contribution < 1.29 is 27.8 Å². The molecule has 150 valence electrons. The maximum atomic E-state index is 12.4. The quantitative estimate of drug-likeness (QED) is 0.707. The number of nitrogens with one attached hydrogen (secondary N) is 2. The highest BCUT2D eigenvalue weighted by Crippen LogP contribution is 2.27. The lowest BCUT2D eigenvalue weighted by Crippen LogP contribution is -2.44. The van der Waals surface area contributed by atoms with Crippen molar-refractivity contribution in [3.63, 3.8) is 0 Å². The molecule has 0 atom stereocenters. The van der Waals surface area contributed by atoms with E-state index < -0.39 is 18.4 Å². The van der Waals surface area contributed by atoms with Gasteiger partial charge in [0.15, 0.2) is 6.61 Å². The lowest BCUT2D eigenvalue weighted by Gasteiger charge is -2.15. The average molecular weight is 392 g/mol. The minimum Gasteiger partial charge on any atom is -0.483 e. The first-order valence-electron chi connectivity index (χ1n) is 8.64. The molecule has 2 amide bonds. The molecule has 2 aromatic rings. The summed E-state index contributed by atoms with van der Waals surface area (Å²) in [5, 5.41) is 0. The maximum Gasteiger partial charge on any atom is 0.387 e. The number of para-hydroxylation sites is 1. The van der Waals surface area contributed by atoms with Crippen molar-refractivity contribution in [3.05, 3.63) is 59.2 Å². The molecule has 2 aromatic carbocycles. The fraction of sp³-hybridized carbons (Fsp3) is 0.300. The zero-order valence-electron chi connectivity index (χ0n) is 15.8. The van der Waals surface area contributed by atoms with Crippen LogP contribution in [0.4, 0.5) is 8.78 Å². The van der Waals surface area contributed by atoms with Crippen LogP contribution in [0.25, 0.3) is 0 Å². The van der Waals surface area contributed by atoms with E-state index in [4.69, 9.17) is 4.74 Å². The number of benzene rings is 2. The molecule has 28 heavy (non-hydrogen) atoms. The first kappa shape index (κ1) is 21.1. The Bertz CT molecular complexity index is 841. The van der Waals surface area contributed by atoms with Gasteiger partial charge in [0.1, 0.15) is 11.5 Å². The standard InChI is InChI=1S/C20H22F2N2O4/c1-12(2)14-9-8-13(3)10-17(14)27-11-18(25)23-24-19(26)15-6-4-5-7-16(15)28-20(21)22/h4-10,12,20H,11H2,1-3H3,(H,23,25)(H,24,26). The maximum absolute atomic E-state index is 12.4. The molecule has 0 spiro atoms. The third kappa shape index (κ3) is 5.94. The number of amides is 2. The number of alkyl halides is 2. The summed E-state index contributed by atoms with van der Waals surface area (Å²) in [6.45, 7) is 2.55. The van der Waals surface area contributed by atoms with Crippen molar-refractivity contribution in [1.29, 1.82) is 0 Å². The summed E-state index contributed by atoms with van der Waals surface area (Å²) >= 11 is 0. The minimum absolute atomic E-state index is 0.134. The van der Waals surface area contributed by atoms with Crippen LogP contribution in [0.3, 0.4) is 0 Å². The molecule has 0 aliphatic rings. The topological polar surface area (TPSA) is 76.7 Å². The van der Waals surface area contributed by atoms with Gasteiger partial charge in [-0.1, -0.05) is 38.1 Å². The summed E-state index contributed by atoms with van der Waals surface area (Å²) in [4.78, 5) is 24.1. The second-order valence-electron chi connectivity index (χ2n) is 6.36. The molecular weight excluding hydrogens is 370 g/mol.